The molecule has 1 heterocycles. The van der Waals surface area contributed by atoms with Gasteiger partial charge in [-0.2, -0.15) is 0 Å². The Morgan fingerprint density at radius 1 is 1.34 bits per heavy atom. The van der Waals surface area contributed by atoms with Crippen LogP contribution in [0, 0.1) is 28.6 Å². The molecule has 5 aliphatic rings. The molecule has 3 saturated carbocycles. The molecule has 0 aromatic rings. The van der Waals surface area contributed by atoms with Crippen molar-refractivity contribution in [3.8, 4) is 0 Å². The van der Waals surface area contributed by atoms with E-state index in [9.17, 15) is 19.1 Å². The van der Waals surface area contributed by atoms with E-state index >= 15 is 0 Å². The number of hydrogen-bond donors (Lipinski definition) is 1. The SMILES string of the molecule is CCCC1O[C@@H]2C[C@H]3[C@@H]4CCC5=CC(=O)C(F)C[C@]5(C)[C@H]4[C@@H](O)C[C@]3(C)[C@]2(C(=O)CCl)O1. The number of fused-ring (bicyclic) bond motifs is 7. The predicted molar refractivity (Wildman–Crippen MR) is 117 cm³/mol. The fraction of sp³-hybridized carbons (Fsp3) is 0.840. The van der Waals surface area contributed by atoms with Gasteiger partial charge in [-0.05, 0) is 67.8 Å². The number of alkyl halides is 2. The van der Waals surface area contributed by atoms with Gasteiger partial charge in [-0.1, -0.05) is 32.8 Å². The van der Waals surface area contributed by atoms with E-state index in [0.717, 1.165) is 24.8 Å². The van der Waals surface area contributed by atoms with Gasteiger partial charge in [-0.3, -0.25) is 9.59 Å². The van der Waals surface area contributed by atoms with E-state index in [2.05, 4.69) is 13.8 Å². The molecule has 0 bridgehead atoms. The van der Waals surface area contributed by atoms with Crippen LogP contribution in [-0.4, -0.2) is 52.8 Å². The first-order chi connectivity index (χ1) is 15.1. The number of aliphatic hydroxyl groups excluding tert-OH is 1. The predicted octanol–water partition coefficient (Wildman–Crippen LogP) is 4.14. The lowest BCUT2D eigenvalue weighted by Gasteiger charge is -2.60. The molecule has 1 saturated heterocycles. The van der Waals surface area contributed by atoms with Crippen molar-refractivity contribution in [2.45, 2.75) is 96.0 Å². The lowest BCUT2D eigenvalue weighted by Crippen LogP contribution is -2.64. The van der Waals surface area contributed by atoms with E-state index in [1.54, 1.807) is 0 Å². The molecule has 5 nitrogen and oxygen atoms in total. The van der Waals surface area contributed by atoms with Crippen molar-refractivity contribution in [3.05, 3.63) is 11.6 Å². The number of ether oxygens (including phenoxy) is 2. The summed E-state index contributed by atoms with van der Waals surface area (Å²) in [4.78, 5) is 25.4. The van der Waals surface area contributed by atoms with E-state index in [0.29, 0.717) is 19.3 Å². The lowest BCUT2D eigenvalue weighted by atomic mass is 9.45. The van der Waals surface area contributed by atoms with Crippen LogP contribution >= 0.6 is 11.6 Å². The lowest BCUT2D eigenvalue weighted by molar-refractivity contribution is -0.201. The van der Waals surface area contributed by atoms with E-state index < -0.39 is 40.8 Å². The molecule has 7 heteroatoms. The molecule has 5 rings (SSSR count). The minimum Gasteiger partial charge on any atom is -0.393 e. The zero-order chi connectivity index (χ0) is 23.1. The highest BCUT2D eigenvalue weighted by Crippen LogP contribution is 2.70. The zero-order valence-corrected chi connectivity index (χ0v) is 19.9. The summed E-state index contributed by atoms with van der Waals surface area (Å²) in [5, 5.41) is 11.6. The van der Waals surface area contributed by atoms with Crippen molar-refractivity contribution in [2.75, 3.05) is 5.88 Å². The second-order valence-corrected chi connectivity index (χ2v) is 11.4. The Hall–Kier alpha value is -0.820. The molecule has 0 aromatic carbocycles. The summed E-state index contributed by atoms with van der Waals surface area (Å²) in [6, 6.07) is 0. The van der Waals surface area contributed by atoms with Crippen LogP contribution in [0.2, 0.25) is 0 Å². The summed E-state index contributed by atoms with van der Waals surface area (Å²) >= 11 is 6.10. The standard InChI is InChI=1S/C25H34ClFO5/c1-4-5-21-31-20-9-15-14-7-6-13-8-17(28)16(27)10-23(13,2)22(14)18(29)11-24(15,3)25(20,32-21)19(30)12-26/h8,14-16,18,20-22,29H,4-7,9-12H2,1-3H3/t14-,15-,16?,18-,20+,21?,22+,23-,24-,25+/m0/s1. The first kappa shape index (κ1) is 22.9. The minimum absolute atomic E-state index is 0.102. The molecule has 10 atom stereocenters. The first-order valence-corrected chi connectivity index (χ1v) is 12.7. The Kier molecular flexibility index (Phi) is 5.44. The second-order valence-electron chi connectivity index (χ2n) is 11.2. The summed E-state index contributed by atoms with van der Waals surface area (Å²) in [5.41, 5.74) is -1.33. The van der Waals surface area contributed by atoms with E-state index in [-0.39, 0.29) is 41.9 Å². The summed E-state index contributed by atoms with van der Waals surface area (Å²) in [7, 11) is 0. The van der Waals surface area contributed by atoms with E-state index in [4.69, 9.17) is 21.1 Å². The van der Waals surface area contributed by atoms with Crippen LogP contribution < -0.4 is 0 Å². The molecule has 178 valence electrons. The number of Topliss-reactive ketones (excluding diaryl/α,β-unsaturated/α-hetero) is 1. The number of hydrogen-bond acceptors (Lipinski definition) is 5. The van der Waals surface area contributed by atoms with Crippen LogP contribution in [-0.2, 0) is 19.1 Å². The maximum absolute atomic E-state index is 14.6. The van der Waals surface area contributed by atoms with Gasteiger partial charge >= 0.3 is 0 Å². The van der Waals surface area contributed by atoms with Crippen molar-refractivity contribution < 1.29 is 28.6 Å². The van der Waals surface area contributed by atoms with Crippen LogP contribution in [0.3, 0.4) is 0 Å². The molecule has 32 heavy (non-hydrogen) atoms. The number of carbonyl (C=O) groups excluding carboxylic acids is 2. The molecule has 4 fully saturated rings. The number of halogens is 2. The van der Waals surface area contributed by atoms with Gasteiger partial charge in [0, 0.05) is 5.41 Å². The second kappa shape index (κ2) is 7.59. The van der Waals surface area contributed by atoms with Gasteiger partial charge in [0.2, 0.25) is 0 Å². The largest absolute Gasteiger partial charge is 0.393 e. The minimum atomic E-state index is -1.52. The fourth-order valence-corrected chi connectivity index (χ4v) is 8.69. The molecule has 0 spiro atoms. The van der Waals surface area contributed by atoms with Crippen molar-refractivity contribution in [1.82, 2.24) is 0 Å². The van der Waals surface area contributed by atoms with Crippen LogP contribution in [0.1, 0.15) is 65.7 Å². The van der Waals surface area contributed by atoms with Crippen LogP contribution in [0.4, 0.5) is 4.39 Å². The average molecular weight is 469 g/mol. The summed E-state index contributed by atoms with van der Waals surface area (Å²) < 4.78 is 27.3. The molecule has 1 aliphatic heterocycles. The van der Waals surface area contributed by atoms with Gasteiger partial charge < -0.3 is 14.6 Å². The van der Waals surface area contributed by atoms with Gasteiger partial charge in [-0.15, -0.1) is 11.6 Å². The molecule has 0 amide bonds. The number of rotatable bonds is 4. The molecular weight excluding hydrogens is 435 g/mol. The summed E-state index contributed by atoms with van der Waals surface area (Å²) in [6.07, 6.45) is 2.76. The Morgan fingerprint density at radius 2 is 2.09 bits per heavy atom. The Balaban J connectivity index is 1.55. The van der Waals surface area contributed by atoms with Crippen LogP contribution in [0.15, 0.2) is 11.6 Å². The highest BCUT2D eigenvalue weighted by atomic mass is 35.5. The maximum atomic E-state index is 14.6. The van der Waals surface area contributed by atoms with Crippen molar-refractivity contribution in [2.24, 2.45) is 28.6 Å². The summed E-state index contributed by atoms with van der Waals surface area (Å²) in [6.45, 7) is 6.13. The Morgan fingerprint density at radius 3 is 2.78 bits per heavy atom. The van der Waals surface area contributed by atoms with E-state index in [1.807, 2.05) is 6.92 Å². The van der Waals surface area contributed by atoms with Crippen molar-refractivity contribution >= 4 is 23.2 Å². The van der Waals surface area contributed by atoms with Crippen LogP contribution in [0.25, 0.3) is 0 Å². The highest BCUT2D eigenvalue weighted by molar-refractivity contribution is 6.29. The highest BCUT2D eigenvalue weighted by Gasteiger charge is 2.75. The van der Waals surface area contributed by atoms with Gasteiger partial charge in [0.1, 0.15) is 0 Å². The molecule has 2 unspecified atom stereocenters. The summed E-state index contributed by atoms with van der Waals surface area (Å²) in [5.74, 6) is -0.703. The van der Waals surface area contributed by atoms with Gasteiger partial charge in [0.05, 0.1) is 18.1 Å². The first-order valence-electron chi connectivity index (χ1n) is 12.1. The molecular formula is C25H34ClFO5. The third kappa shape index (κ3) is 2.79. The van der Waals surface area contributed by atoms with Crippen molar-refractivity contribution in [3.63, 3.8) is 0 Å². The Labute approximate surface area is 194 Å². The fourth-order valence-electron chi connectivity index (χ4n) is 8.49. The van der Waals surface area contributed by atoms with Crippen molar-refractivity contribution in [1.29, 1.82) is 0 Å². The number of allylic oxidation sites excluding steroid dienone is 1. The van der Waals surface area contributed by atoms with E-state index in [1.165, 1.54) is 6.08 Å². The smallest absolute Gasteiger partial charge is 0.189 e. The quantitative estimate of drug-likeness (QED) is 0.628. The molecule has 0 radical (unpaired) electrons. The van der Waals surface area contributed by atoms with Gasteiger partial charge in [-0.25, -0.2) is 4.39 Å². The number of ketones is 2. The average Bonchev–Trinajstić information content (AvgIpc) is 3.21. The number of carbonyl (C=O) groups is 2. The van der Waals surface area contributed by atoms with Gasteiger partial charge in [0.15, 0.2) is 29.6 Å². The molecule has 0 aromatic heterocycles. The third-order valence-corrected chi connectivity index (χ3v) is 9.99. The topological polar surface area (TPSA) is 72.8 Å². The monoisotopic (exact) mass is 468 g/mol. The maximum Gasteiger partial charge on any atom is 0.189 e. The number of aliphatic hydroxyl groups is 1. The molecule has 1 N–H and O–H groups in total. The zero-order valence-electron chi connectivity index (χ0n) is 19.1. The Bertz CT molecular complexity index is 861. The van der Waals surface area contributed by atoms with Gasteiger partial charge in [0.25, 0.3) is 0 Å². The normalized spacial score (nSPS) is 52.0. The molecule has 4 aliphatic carbocycles. The van der Waals surface area contributed by atoms with Crippen LogP contribution in [0.5, 0.6) is 0 Å². The third-order valence-electron chi connectivity index (χ3n) is 9.75.